The number of carbonyl (C=O) groups excluding carboxylic acids is 1. The number of aromatic nitrogens is 5. The van der Waals surface area contributed by atoms with Gasteiger partial charge in [0.1, 0.15) is 17.4 Å². The molecule has 8 nitrogen and oxygen atoms in total. The first kappa shape index (κ1) is 16.1. The van der Waals surface area contributed by atoms with Crippen LogP contribution in [0.1, 0.15) is 21.9 Å². The van der Waals surface area contributed by atoms with Gasteiger partial charge >= 0.3 is 0 Å². The summed E-state index contributed by atoms with van der Waals surface area (Å²) in [6.45, 7) is 1.89. The summed E-state index contributed by atoms with van der Waals surface area (Å²) >= 11 is 0. The lowest BCUT2D eigenvalue weighted by molar-refractivity contribution is 0.103. The van der Waals surface area contributed by atoms with Gasteiger partial charge in [-0.25, -0.2) is 9.67 Å². The predicted molar refractivity (Wildman–Crippen MR) is 106 cm³/mol. The number of nitrogen functional groups attached to an aromatic ring is 1. The Morgan fingerprint density at radius 1 is 1.11 bits per heavy atom. The molecule has 138 valence electrons. The third-order valence-corrected chi connectivity index (χ3v) is 4.73. The molecule has 0 saturated carbocycles. The van der Waals surface area contributed by atoms with Crippen molar-refractivity contribution in [2.45, 2.75) is 6.92 Å². The number of nitrogens with one attached hydrogen (secondary N) is 2. The second-order valence-corrected chi connectivity index (χ2v) is 6.66. The number of carbonyl (C=O) groups is 1. The van der Waals surface area contributed by atoms with Crippen LogP contribution in [0.2, 0.25) is 0 Å². The summed E-state index contributed by atoms with van der Waals surface area (Å²) in [5.74, 6) is 0.948. The van der Waals surface area contributed by atoms with E-state index in [1.54, 1.807) is 24.3 Å². The fourth-order valence-corrected chi connectivity index (χ4v) is 3.38. The number of hydrogen-bond acceptors (Lipinski definition) is 5. The van der Waals surface area contributed by atoms with Gasteiger partial charge in [-0.3, -0.25) is 4.79 Å². The predicted octanol–water partition coefficient (Wildman–Crippen LogP) is 3.06. The lowest BCUT2D eigenvalue weighted by atomic mass is 10.1. The van der Waals surface area contributed by atoms with Crippen LogP contribution < -0.4 is 5.73 Å². The maximum atomic E-state index is 12.9. The number of imidazole rings is 1. The van der Waals surface area contributed by atoms with Gasteiger partial charge in [-0.15, -0.1) is 0 Å². The number of rotatable bonds is 3. The standard InChI is InChI=1S/C20H16N6O2/c1-10-23-16-4-2-12(8-17(16)24-10)26-20(21)14(9-22-26)19(28)18-7-11-6-13(27)3-5-15(11)25-18/h2-9,25,27H,21H2,1H3,(H,23,24). The van der Waals surface area contributed by atoms with E-state index in [1.807, 2.05) is 25.1 Å². The molecule has 0 atom stereocenters. The summed E-state index contributed by atoms with van der Waals surface area (Å²) in [7, 11) is 0. The Hall–Kier alpha value is -4.07. The highest BCUT2D eigenvalue weighted by Gasteiger charge is 2.20. The summed E-state index contributed by atoms with van der Waals surface area (Å²) < 4.78 is 1.53. The Kier molecular flexibility index (Phi) is 3.29. The number of aromatic amines is 2. The molecule has 0 unspecified atom stereocenters. The van der Waals surface area contributed by atoms with Gasteiger partial charge in [0.2, 0.25) is 5.78 Å². The van der Waals surface area contributed by atoms with E-state index in [0.29, 0.717) is 11.3 Å². The van der Waals surface area contributed by atoms with E-state index < -0.39 is 0 Å². The number of aromatic hydroxyl groups is 1. The molecular weight excluding hydrogens is 356 g/mol. The Morgan fingerprint density at radius 3 is 2.82 bits per heavy atom. The zero-order valence-corrected chi connectivity index (χ0v) is 14.9. The Morgan fingerprint density at radius 2 is 1.96 bits per heavy atom. The van der Waals surface area contributed by atoms with E-state index in [-0.39, 0.29) is 17.4 Å². The maximum absolute atomic E-state index is 12.9. The summed E-state index contributed by atoms with van der Waals surface area (Å²) in [5.41, 5.74) is 10.1. The average molecular weight is 372 g/mol. The van der Waals surface area contributed by atoms with Gasteiger partial charge in [0, 0.05) is 10.9 Å². The van der Waals surface area contributed by atoms with E-state index >= 15 is 0 Å². The van der Waals surface area contributed by atoms with Crippen LogP contribution in [0, 0.1) is 6.92 Å². The van der Waals surface area contributed by atoms with Gasteiger partial charge in [0.05, 0.1) is 34.2 Å². The zero-order chi connectivity index (χ0) is 19.4. The van der Waals surface area contributed by atoms with Gasteiger partial charge in [-0.05, 0) is 49.4 Å². The van der Waals surface area contributed by atoms with Crippen molar-refractivity contribution in [3.05, 3.63) is 65.7 Å². The second-order valence-electron chi connectivity index (χ2n) is 6.66. The minimum atomic E-state index is -0.266. The van der Waals surface area contributed by atoms with Crippen LogP contribution in [0.25, 0.3) is 27.6 Å². The second kappa shape index (κ2) is 5.71. The number of ketones is 1. The van der Waals surface area contributed by atoms with Crippen LogP contribution in [0.4, 0.5) is 5.82 Å². The molecule has 0 radical (unpaired) electrons. The first-order valence-corrected chi connectivity index (χ1v) is 8.66. The maximum Gasteiger partial charge on any atom is 0.214 e. The van der Waals surface area contributed by atoms with E-state index in [2.05, 4.69) is 20.1 Å². The number of hydrogen-bond donors (Lipinski definition) is 4. The van der Waals surface area contributed by atoms with Crippen LogP contribution in [0.5, 0.6) is 5.75 Å². The van der Waals surface area contributed by atoms with Crippen molar-refractivity contribution in [1.29, 1.82) is 0 Å². The zero-order valence-electron chi connectivity index (χ0n) is 14.9. The number of fused-ring (bicyclic) bond motifs is 2. The minimum Gasteiger partial charge on any atom is -0.508 e. The normalized spacial score (nSPS) is 11.5. The molecule has 28 heavy (non-hydrogen) atoms. The third-order valence-electron chi connectivity index (χ3n) is 4.73. The van der Waals surface area contributed by atoms with Gasteiger partial charge in [-0.1, -0.05) is 0 Å². The molecule has 0 aliphatic rings. The van der Waals surface area contributed by atoms with Crippen molar-refractivity contribution in [3.63, 3.8) is 0 Å². The number of benzene rings is 2. The van der Waals surface area contributed by atoms with Crippen LogP contribution >= 0.6 is 0 Å². The fourth-order valence-electron chi connectivity index (χ4n) is 3.38. The van der Waals surface area contributed by atoms with Gasteiger partial charge < -0.3 is 20.8 Å². The van der Waals surface area contributed by atoms with Crippen LogP contribution in [0.15, 0.2) is 48.7 Å². The summed E-state index contributed by atoms with van der Waals surface area (Å²) in [6, 6.07) is 12.2. The molecule has 5 N–H and O–H groups in total. The SMILES string of the molecule is Cc1nc2ccc(-n3ncc(C(=O)c4cc5cc(O)ccc5[nH]4)c3N)cc2[nH]1. The monoisotopic (exact) mass is 372 g/mol. The van der Waals surface area contributed by atoms with Gasteiger partial charge in [0.15, 0.2) is 0 Å². The molecular formula is C20H16N6O2. The quantitative estimate of drug-likeness (QED) is 0.362. The highest BCUT2D eigenvalue weighted by molar-refractivity contribution is 6.12. The first-order valence-electron chi connectivity index (χ1n) is 8.66. The molecule has 0 saturated heterocycles. The van der Waals surface area contributed by atoms with Crippen molar-refractivity contribution in [2.24, 2.45) is 0 Å². The largest absolute Gasteiger partial charge is 0.508 e. The van der Waals surface area contributed by atoms with Crippen molar-refractivity contribution in [2.75, 3.05) is 5.73 Å². The van der Waals surface area contributed by atoms with Crippen LogP contribution in [-0.2, 0) is 0 Å². The molecule has 3 heterocycles. The molecule has 0 aliphatic carbocycles. The van der Waals surface area contributed by atoms with Crippen LogP contribution in [0.3, 0.4) is 0 Å². The number of nitrogens with two attached hydrogens (primary N) is 1. The molecule has 0 spiro atoms. The Balaban J connectivity index is 1.55. The first-order chi connectivity index (χ1) is 13.5. The van der Waals surface area contributed by atoms with E-state index in [0.717, 1.165) is 33.4 Å². The highest BCUT2D eigenvalue weighted by Crippen LogP contribution is 2.25. The number of phenols is 1. The molecule has 8 heteroatoms. The van der Waals surface area contributed by atoms with E-state index in [9.17, 15) is 9.90 Å². The molecule has 0 amide bonds. The van der Waals surface area contributed by atoms with Crippen molar-refractivity contribution in [1.82, 2.24) is 24.7 Å². The fraction of sp³-hybridized carbons (Fsp3) is 0.0500. The molecule has 0 fully saturated rings. The molecule has 0 aliphatic heterocycles. The lowest BCUT2D eigenvalue weighted by Gasteiger charge is -2.05. The number of nitrogens with zero attached hydrogens (tertiary/aromatic N) is 3. The summed E-state index contributed by atoms with van der Waals surface area (Å²) in [4.78, 5) is 23.6. The average Bonchev–Trinajstić information content (AvgIpc) is 3.35. The van der Waals surface area contributed by atoms with E-state index in [1.165, 1.54) is 10.9 Å². The van der Waals surface area contributed by atoms with Crippen molar-refractivity contribution < 1.29 is 9.90 Å². The smallest absolute Gasteiger partial charge is 0.214 e. The third kappa shape index (κ3) is 2.43. The highest BCUT2D eigenvalue weighted by atomic mass is 16.3. The molecule has 5 aromatic rings. The van der Waals surface area contributed by atoms with Crippen LogP contribution in [-0.4, -0.2) is 35.6 Å². The number of phenolic OH excluding ortho intramolecular Hbond substituents is 1. The molecule has 2 aromatic carbocycles. The summed E-state index contributed by atoms with van der Waals surface area (Å²) in [5, 5.41) is 14.6. The molecule has 0 bridgehead atoms. The minimum absolute atomic E-state index is 0.141. The summed E-state index contributed by atoms with van der Waals surface area (Å²) in [6.07, 6.45) is 1.46. The van der Waals surface area contributed by atoms with Crippen molar-refractivity contribution in [3.8, 4) is 11.4 Å². The Labute approximate surface area is 158 Å². The Bertz CT molecular complexity index is 1370. The van der Waals surface area contributed by atoms with Crippen molar-refractivity contribution >= 4 is 33.5 Å². The number of aryl methyl sites for hydroxylation is 1. The number of H-pyrrole nitrogens is 2. The van der Waals surface area contributed by atoms with Gasteiger partial charge in [-0.2, -0.15) is 5.10 Å². The lowest BCUT2D eigenvalue weighted by Crippen LogP contribution is -2.07. The van der Waals surface area contributed by atoms with Gasteiger partial charge in [0.25, 0.3) is 0 Å². The van der Waals surface area contributed by atoms with E-state index in [4.69, 9.17) is 5.73 Å². The topological polar surface area (TPSA) is 126 Å². The molecule has 3 aromatic heterocycles. The number of anilines is 1. The molecule has 5 rings (SSSR count).